The van der Waals surface area contributed by atoms with Crippen molar-refractivity contribution in [3.63, 3.8) is 0 Å². The Kier molecular flexibility index (Phi) is 5.96. The van der Waals surface area contributed by atoms with Crippen molar-refractivity contribution >= 4 is 11.6 Å². The molecule has 0 amide bonds. The molecule has 4 heteroatoms. The summed E-state index contributed by atoms with van der Waals surface area (Å²) in [7, 11) is 0. The van der Waals surface area contributed by atoms with Crippen LogP contribution in [0.15, 0.2) is 48.5 Å². The summed E-state index contributed by atoms with van der Waals surface area (Å²) in [6, 6.07) is 16.8. The van der Waals surface area contributed by atoms with Crippen LogP contribution in [0.2, 0.25) is 5.02 Å². The number of rotatable bonds is 5. The Morgan fingerprint density at radius 2 is 1.89 bits per heavy atom. The van der Waals surface area contributed by atoms with E-state index < -0.39 is 5.60 Å². The fourth-order valence-corrected chi connectivity index (χ4v) is 5.60. The lowest BCUT2D eigenvalue weighted by atomic mass is 9.66. The summed E-state index contributed by atoms with van der Waals surface area (Å²) in [5.74, 6) is 1.22. The number of ether oxygens (including phenoxy) is 1. The zero-order valence-corrected chi connectivity index (χ0v) is 17.4. The molecule has 0 spiro atoms. The minimum atomic E-state index is -0.549. The van der Waals surface area contributed by atoms with Gasteiger partial charge in [0, 0.05) is 22.9 Å². The van der Waals surface area contributed by atoms with Gasteiger partial charge < -0.3 is 14.7 Å². The average Bonchev–Trinajstić information content (AvgIpc) is 2.70. The molecule has 1 aliphatic carbocycles. The number of aliphatic hydroxyl groups is 1. The number of nitrogens with one attached hydrogen (secondary N) is 1. The van der Waals surface area contributed by atoms with E-state index in [9.17, 15) is 5.11 Å². The van der Waals surface area contributed by atoms with E-state index in [1.54, 1.807) is 0 Å². The molecule has 2 aromatic rings. The first-order valence-electron chi connectivity index (χ1n) is 10.6. The number of piperidine rings is 1. The van der Waals surface area contributed by atoms with Crippen LogP contribution in [0.4, 0.5) is 0 Å². The molecule has 2 aromatic carbocycles. The highest BCUT2D eigenvalue weighted by Gasteiger charge is 2.52. The van der Waals surface area contributed by atoms with E-state index in [0.717, 1.165) is 49.5 Å². The molecule has 2 fully saturated rings. The molecule has 2 N–H and O–H groups in total. The molecule has 1 aliphatic heterocycles. The fraction of sp³-hybridized carbons (Fsp3) is 0.500. The van der Waals surface area contributed by atoms with E-state index >= 15 is 0 Å². The van der Waals surface area contributed by atoms with Crippen molar-refractivity contribution < 1.29 is 14.7 Å². The molecule has 1 saturated carbocycles. The van der Waals surface area contributed by atoms with Gasteiger partial charge in [-0.3, -0.25) is 0 Å². The second kappa shape index (κ2) is 8.44. The van der Waals surface area contributed by atoms with Crippen molar-refractivity contribution in [2.75, 3.05) is 13.2 Å². The number of likely N-dealkylation sites (tertiary alicyclic amines) is 1. The van der Waals surface area contributed by atoms with Crippen LogP contribution >= 0.6 is 11.6 Å². The molecule has 1 saturated heterocycles. The normalized spacial score (nSPS) is 29.9. The van der Waals surface area contributed by atoms with E-state index in [1.165, 1.54) is 22.4 Å². The Hall–Kier alpha value is -1.55. The molecule has 150 valence electrons. The largest absolute Gasteiger partial charge is 0.493 e. The number of hydrogen-bond donors (Lipinski definition) is 2. The molecule has 4 rings (SSSR count). The highest BCUT2D eigenvalue weighted by Crippen LogP contribution is 2.45. The Morgan fingerprint density at radius 1 is 1.11 bits per heavy atom. The van der Waals surface area contributed by atoms with Crippen LogP contribution in [0.5, 0.6) is 5.75 Å². The highest BCUT2D eigenvalue weighted by atomic mass is 35.5. The Morgan fingerprint density at radius 3 is 2.71 bits per heavy atom. The minimum absolute atomic E-state index is 0.220. The van der Waals surface area contributed by atoms with Gasteiger partial charge in [-0.15, -0.1) is 0 Å². The van der Waals surface area contributed by atoms with Gasteiger partial charge in [-0.25, -0.2) is 0 Å². The maximum atomic E-state index is 11.5. The lowest BCUT2D eigenvalue weighted by Crippen LogP contribution is -3.13. The Balaban J connectivity index is 1.74. The summed E-state index contributed by atoms with van der Waals surface area (Å²) in [4.78, 5) is 1.48. The standard InChI is InChI=1S/C24H30ClNO2/c1-2-28-22-13-6-4-10-19(22)23-20-11-7-8-14-24(20,27)15-16-26(23)17-18-9-3-5-12-21(18)25/h3-6,9-10,12-13,20,23,27H,2,7-8,11,14-17H2,1H3/p+1/t20-,23+,24-/m1/s1. The van der Waals surface area contributed by atoms with E-state index in [2.05, 4.69) is 30.3 Å². The first-order valence-corrected chi connectivity index (χ1v) is 11.0. The Bertz CT molecular complexity index is 811. The predicted molar refractivity (Wildman–Crippen MR) is 113 cm³/mol. The lowest BCUT2D eigenvalue weighted by molar-refractivity contribution is -0.958. The molecule has 28 heavy (non-hydrogen) atoms. The number of benzene rings is 2. The number of halogens is 1. The van der Waals surface area contributed by atoms with Gasteiger partial charge in [-0.2, -0.15) is 0 Å². The van der Waals surface area contributed by atoms with E-state index in [0.29, 0.717) is 6.61 Å². The zero-order chi connectivity index (χ0) is 19.6. The first-order chi connectivity index (χ1) is 13.6. The molecule has 0 aromatic heterocycles. The minimum Gasteiger partial charge on any atom is -0.493 e. The Labute approximate surface area is 173 Å². The van der Waals surface area contributed by atoms with Crippen LogP contribution < -0.4 is 9.64 Å². The van der Waals surface area contributed by atoms with E-state index in [4.69, 9.17) is 16.3 Å². The van der Waals surface area contributed by atoms with Gasteiger partial charge in [0.15, 0.2) is 0 Å². The van der Waals surface area contributed by atoms with Crippen molar-refractivity contribution in [1.82, 2.24) is 0 Å². The maximum absolute atomic E-state index is 11.5. The van der Waals surface area contributed by atoms with Gasteiger partial charge in [0.25, 0.3) is 0 Å². The molecule has 4 atom stereocenters. The number of para-hydroxylation sites is 1. The van der Waals surface area contributed by atoms with Crippen molar-refractivity contribution in [3.8, 4) is 5.75 Å². The van der Waals surface area contributed by atoms with Gasteiger partial charge in [0.1, 0.15) is 18.3 Å². The monoisotopic (exact) mass is 400 g/mol. The molecule has 3 nitrogen and oxygen atoms in total. The van der Waals surface area contributed by atoms with Gasteiger partial charge in [-0.05, 0) is 38.0 Å². The quantitative estimate of drug-likeness (QED) is 0.789. The first kappa shape index (κ1) is 19.8. The van der Waals surface area contributed by atoms with Gasteiger partial charge >= 0.3 is 0 Å². The van der Waals surface area contributed by atoms with E-state index in [-0.39, 0.29) is 12.0 Å². The third-order valence-electron chi connectivity index (χ3n) is 6.72. The average molecular weight is 401 g/mol. The zero-order valence-electron chi connectivity index (χ0n) is 16.7. The summed E-state index contributed by atoms with van der Waals surface area (Å²) in [5, 5.41) is 12.3. The maximum Gasteiger partial charge on any atom is 0.128 e. The molecule has 1 unspecified atom stereocenters. The van der Waals surface area contributed by atoms with Gasteiger partial charge in [-0.1, -0.05) is 54.8 Å². The summed E-state index contributed by atoms with van der Waals surface area (Å²) in [6.07, 6.45) is 5.19. The molecular weight excluding hydrogens is 370 g/mol. The molecular formula is C24H31ClNO2+. The predicted octanol–water partition coefficient (Wildman–Crippen LogP) is 4.19. The second-order valence-corrected chi connectivity index (χ2v) is 8.74. The highest BCUT2D eigenvalue weighted by molar-refractivity contribution is 6.31. The molecule has 0 bridgehead atoms. The van der Waals surface area contributed by atoms with Crippen LogP contribution in [-0.4, -0.2) is 23.9 Å². The fourth-order valence-electron chi connectivity index (χ4n) is 5.40. The third kappa shape index (κ3) is 3.80. The number of quaternary nitrogens is 1. The molecule has 0 radical (unpaired) electrons. The van der Waals surface area contributed by atoms with Crippen LogP contribution in [0.3, 0.4) is 0 Å². The topological polar surface area (TPSA) is 33.9 Å². The van der Waals surface area contributed by atoms with Crippen molar-refractivity contribution in [2.24, 2.45) is 5.92 Å². The second-order valence-electron chi connectivity index (χ2n) is 8.33. The van der Waals surface area contributed by atoms with E-state index in [1.807, 2.05) is 25.1 Å². The summed E-state index contributed by atoms with van der Waals surface area (Å²) in [5.41, 5.74) is 1.86. The summed E-state index contributed by atoms with van der Waals surface area (Å²) >= 11 is 6.50. The SMILES string of the molecule is CCOc1ccccc1[C@H]1[C@H]2CCCC[C@@]2(O)CC[NH+]1Cc1ccccc1Cl. The van der Waals surface area contributed by atoms with Crippen molar-refractivity contribution in [3.05, 3.63) is 64.7 Å². The van der Waals surface area contributed by atoms with Crippen molar-refractivity contribution in [1.29, 1.82) is 0 Å². The third-order valence-corrected chi connectivity index (χ3v) is 7.08. The number of hydrogen-bond acceptors (Lipinski definition) is 2. The smallest absolute Gasteiger partial charge is 0.128 e. The molecule has 2 aliphatic rings. The van der Waals surface area contributed by atoms with Crippen LogP contribution in [0.25, 0.3) is 0 Å². The van der Waals surface area contributed by atoms with Gasteiger partial charge in [0.05, 0.1) is 24.3 Å². The number of fused-ring (bicyclic) bond motifs is 1. The van der Waals surface area contributed by atoms with Crippen LogP contribution in [0, 0.1) is 5.92 Å². The molecule has 1 heterocycles. The summed E-state index contributed by atoms with van der Waals surface area (Å²) in [6.45, 7) is 4.50. The van der Waals surface area contributed by atoms with Crippen LogP contribution in [-0.2, 0) is 6.54 Å². The van der Waals surface area contributed by atoms with Gasteiger partial charge in [0.2, 0.25) is 0 Å². The lowest BCUT2D eigenvalue weighted by Gasteiger charge is -2.50. The van der Waals surface area contributed by atoms with Crippen LogP contribution in [0.1, 0.15) is 56.2 Å². The summed E-state index contributed by atoms with van der Waals surface area (Å²) < 4.78 is 6.00. The van der Waals surface area contributed by atoms with Crippen molar-refractivity contribution in [2.45, 2.75) is 57.2 Å².